The molecule has 2 heterocycles. The number of aryl methyl sites for hydroxylation is 1. The lowest BCUT2D eigenvalue weighted by Crippen LogP contribution is -2.29. The van der Waals surface area contributed by atoms with Crippen molar-refractivity contribution in [3.8, 4) is 11.4 Å². The van der Waals surface area contributed by atoms with E-state index in [1.807, 2.05) is 30.3 Å². The molecule has 8 nitrogen and oxygen atoms in total. The molecule has 9 heteroatoms. The van der Waals surface area contributed by atoms with Crippen molar-refractivity contribution < 1.29 is 17.7 Å². The lowest BCUT2D eigenvalue weighted by molar-refractivity contribution is 0.0945. The zero-order valence-corrected chi connectivity index (χ0v) is 17.4. The van der Waals surface area contributed by atoms with Crippen LogP contribution in [0, 0.1) is 6.92 Å². The van der Waals surface area contributed by atoms with E-state index in [1.165, 1.54) is 10.4 Å². The zero-order chi connectivity index (χ0) is 21.1. The standard InChI is InChI=1S/C21H22N4O4S/c1-15-9-10-17(30(27,28)25-11-5-6-12-25)13-18(15)21(26)22-14-19-23-20(24-29-19)16-7-3-2-4-8-16/h2-4,7-10,13H,5-6,11-12,14H2,1H3,(H,22,26). The SMILES string of the molecule is Cc1ccc(S(=O)(=O)N2CCCC2)cc1C(=O)NCc1nc(-c2ccccc2)no1. The first-order valence-corrected chi connectivity index (χ1v) is 11.2. The fraction of sp³-hybridized carbons (Fsp3) is 0.286. The van der Waals surface area contributed by atoms with Gasteiger partial charge in [-0.05, 0) is 37.5 Å². The van der Waals surface area contributed by atoms with Crippen LogP contribution in [0.3, 0.4) is 0 Å². The number of nitrogens with one attached hydrogen (secondary N) is 1. The molecule has 3 aromatic rings. The van der Waals surface area contributed by atoms with E-state index in [4.69, 9.17) is 4.52 Å². The topological polar surface area (TPSA) is 105 Å². The highest BCUT2D eigenvalue weighted by Gasteiger charge is 2.28. The average Bonchev–Trinajstić information content (AvgIpc) is 3.45. The Bertz CT molecular complexity index is 1150. The number of rotatable bonds is 6. The van der Waals surface area contributed by atoms with E-state index in [0.29, 0.717) is 30.0 Å². The molecule has 1 aromatic heterocycles. The Morgan fingerprint density at radius 2 is 1.87 bits per heavy atom. The minimum atomic E-state index is -3.59. The molecule has 1 aliphatic rings. The van der Waals surface area contributed by atoms with Gasteiger partial charge in [-0.3, -0.25) is 4.79 Å². The van der Waals surface area contributed by atoms with Crippen LogP contribution in [0.25, 0.3) is 11.4 Å². The molecule has 0 spiro atoms. The molecule has 0 saturated carbocycles. The highest BCUT2D eigenvalue weighted by molar-refractivity contribution is 7.89. The summed E-state index contributed by atoms with van der Waals surface area (Å²) >= 11 is 0. The van der Waals surface area contributed by atoms with Crippen molar-refractivity contribution in [3.63, 3.8) is 0 Å². The Balaban J connectivity index is 1.48. The Hall–Kier alpha value is -3.04. The highest BCUT2D eigenvalue weighted by atomic mass is 32.2. The summed E-state index contributed by atoms with van der Waals surface area (Å²) in [5.74, 6) is 0.306. The van der Waals surface area contributed by atoms with Crippen LogP contribution in [0.15, 0.2) is 57.9 Å². The molecule has 0 unspecified atom stereocenters. The van der Waals surface area contributed by atoms with E-state index < -0.39 is 15.9 Å². The molecule has 0 atom stereocenters. The van der Waals surface area contributed by atoms with Crippen molar-refractivity contribution in [3.05, 3.63) is 65.5 Å². The zero-order valence-electron chi connectivity index (χ0n) is 16.5. The number of aromatic nitrogens is 2. The predicted octanol–water partition coefficient (Wildman–Crippen LogP) is 2.76. The number of nitrogens with zero attached hydrogens (tertiary/aromatic N) is 3. The third-order valence-corrected chi connectivity index (χ3v) is 6.95. The number of carbonyl (C=O) groups excluding carboxylic acids is 1. The van der Waals surface area contributed by atoms with E-state index in [0.717, 1.165) is 18.4 Å². The quantitative estimate of drug-likeness (QED) is 0.650. The molecule has 0 aliphatic carbocycles. The molecule has 1 N–H and O–H groups in total. The van der Waals surface area contributed by atoms with Gasteiger partial charge in [-0.2, -0.15) is 9.29 Å². The van der Waals surface area contributed by atoms with Crippen LogP contribution in [0.5, 0.6) is 0 Å². The Kier molecular flexibility index (Phi) is 5.65. The van der Waals surface area contributed by atoms with Crippen LogP contribution in [0.4, 0.5) is 0 Å². The first-order valence-electron chi connectivity index (χ1n) is 9.72. The molecule has 1 aliphatic heterocycles. The molecule has 4 rings (SSSR count). The fourth-order valence-electron chi connectivity index (χ4n) is 3.37. The van der Waals surface area contributed by atoms with Gasteiger partial charge in [-0.1, -0.05) is 41.6 Å². The molecule has 0 bridgehead atoms. The lowest BCUT2D eigenvalue weighted by Gasteiger charge is -2.16. The maximum atomic E-state index is 12.8. The molecule has 0 radical (unpaired) electrons. The predicted molar refractivity (Wildman–Crippen MR) is 110 cm³/mol. The minimum absolute atomic E-state index is 0.0429. The fourth-order valence-corrected chi connectivity index (χ4v) is 4.91. The first-order chi connectivity index (χ1) is 14.4. The van der Waals surface area contributed by atoms with Crippen molar-refractivity contribution >= 4 is 15.9 Å². The van der Waals surface area contributed by atoms with Gasteiger partial charge in [0.2, 0.25) is 21.7 Å². The van der Waals surface area contributed by atoms with Crippen molar-refractivity contribution in [2.24, 2.45) is 0 Å². The number of benzene rings is 2. The number of sulfonamides is 1. The van der Waals surface area contributed by atoms with Crippen LogP contribution in [0.1, 0.15) is 34.7 Å². The number of amides is 1. The van der Waals surface area contributed by atoms with E-state index in [1.54, 1.807) is 19.1 Å². The smallest absolute Gasteiger partial charge is 0.252 e. The molecular formula is C21H22N4O4S. The van der Waals surface area contributed by atoms with Gasteiger partial charge in [-0.25, -0.2) is 8.42 Å². The van der Waals surface area contributed by atoms with Crippen LogP contribution in [-0.2, 0) is 16.6 Å². The van der Waals surface area contributed by atoms with Crippen LogP contribution in [-0.4, -0.2) is 41.9 Å². The lowest BCUT2D eigenvalue weighted by atomic mass is 10.1. The van der Waals surface area contributed by atoms with Gasteiger partial charge >= 0.3 is 0 Å². The van der Waals surface area contributed by atoms with E-state index in [2.05, 4.69) is 15.5 Å². The van der Waals surface area contributed by atoms with E-state index in [9.17, 15) is 13.2 Å². The largest absolute Gasteiger partial charge is 0.343 e. The molecule has 30 heavy (non-hydrogen) atoms. The molecule has 1 saturated heterocycles. The van der Waals surface area contributed by atoms with Crippen LogP contribution >= 0.6 is 0 Å². The molecule has 156 valence electrons. The Morgan fingerprint density at radius 1 is 1.13 bits per heavy atom. The summed E-state index contributed by atoms with van der Waals surface area (Å²) in [5.41, 5.74) is 1.80. The van der Waals surface area contributed by atoms with Gasteiger partial charge in [0.15, 0.2) is 0 Å². The van der Waals surface area contributed by atoms with Crippen LogP contribution in [0.2, 0.25) is 0 Å². The summed E-state index contributed by atoms with van der Waals surface area (Å²) in [5, 5.41) is 6.65. The third-order valence-electron chi connectivity index (χ3n) is 5.06. The maximum Gasteiger partial charge on any atom is 0.252 e. The van der Waals surface area contributed by atoms with E-state index in [-0.39, 0.29) is 17.3 Å². The highest BCUT2D eigenvalue weighted by Crippen LogP contribution is 2.23. The average molecular weight is 426 g/mol. The van der Waals surface area contributed by atoms with Gasteiger partial charge in [-0.15, -0.1) is 0 Å². The summed E-state index contributed by atoms with van der Waals surface area (Å²) in [6, 6.07) is 14.0. The van der Waals surface area contributed by atoms with Gasteiger partial charge in [0.1, 0.15) is 0 Å². The third kappa shape index (κ3) is 4.12. The molecule has 1 amide bonds. The second-order valence-electron chi connectivity index (χ2n) is 7.15. The minimum Gasteiger partial charge on any atom is -0.343 e. The summed E-state index contributed by atoms with van der Waals surface area (Å²) in [6.45, 7) is 2.83. The van der Waals surface area contributed by atoms with Gasteiger partial charge in [0.05, 0.1) is 11.4 Å². The number of carbonyl (C=O) groups is 1. The first kappa shape index (κ1) is 20.2. The van der Waals surface area contributed by atoms with Crippen molar-refractivity contribution in [1.82, 2.24) is 19.8 Å². The normalized spacial score (nSPS) is 14.7. The number of hydrogen-bond acceptors (Lipinski definition) is 6. The second kappa shape index (κ2) is 8.37. The van der Waals surface area contributed by atoms with Gasteiger partial charge in [0, 0.05) is 24.2 Å². The molecule has 2 aromatic carbocycles. The molecule has 1 fully saturated rings. The Labute approximate surface area is 175 Å². The summed E-state index contributed by atoms with van der Waals surface area (Å²) in [6.07, 6.45) is 1.71. The van der Waals surface area contributed by atoms with Crippen molar-refractivity contribution in [2.75, 3.05) is 13.1 Å². The monoisotopic (exact) mass is 426 g/mol. The maximum absolute atomic E-state index is 12.8. The van der Waals surface area contributed by atoms with Crippen molar-refractivity contribution in [2.45, 2.75) is 31.2 Å². The van der Waals surface area contributed by atoms with Gasteiger partial charge in [0.25, 0.3) is 5.91 Å². The van der Waals surface area contributed by atoms with Gasteiger partial charge < -0.3 is 9.84 Å². The summed E-state index contributed by atoms with van der Waals surface area (Å²) < 4.78 is 32.3. The molecular weight excluding hydrogens is 404 g/mol. The summed E-state index contributed by atoms with van der Waals surface area (Å²) in [4.78, 5) is 17.1. The Morgan fingerprint density at radius 3 is 2.60 bits per heavy atom. The summed E-state index contributed by atoms with van der Waals surface area (Å²) in [7, 11) is -3.59. The second-order valence-corrected chi connectivity index (χ2v) is 9.09. The number of hydrogen-bond donors (Lipinski definition) is 1. The van der Waals surface area contributed by atoms with E-state index >= 15 is 0 Å². The van der Waals surface area contributed by atoms with Crippen LogP contribution < -0.4 is 5.32 Å². The van der Waals surface area contributed by atoms with Crippen molar-refractivity contribution in [1.29, 1.82) is 0 Å².